The Morgan fingerprint density at radius 3 is 2.53 bits per heavy atom. The van der Waals surface area contributed by atoms with Crippen molar-refractivity contribution in [1.29, 1.82) is 0 Å². The van der Waals surface area contributed by atoms with Gasteiger partial charge in [0.25, 0.3) is 0 Å². The van der Waals surface area contributed by atoms with E-state index in [-0.39, 0.29) is 21.1 Å². The van der Waals surface area contributed by atoms with Gasteiger partial charge in [-0.1, -0.05) is 6.08 Å². The molecule has 0 aromatic rings. The van der Waals surface area contributed by atoms with E-state index in [1.807, 2.05) is 6.41 Å². The number of amides is 1. The number of carbonyl (C=O) groups excluding carboxylic acids is 1. The van der Waals surface area contributed by atoms with E-state index >= 15 is 0 Å². The smallest absolute Gasteiger partial charge is 0.327 e. The molecule has 0 radical (unpaired) electrons. The van der Waals surface area contributed by atoms with Crippen LogP contribution in [0.1, 0.15) is 19.3 Å². The van der Waals surface area contributed by atoms with Crippen LogP contribution >= 0.6 is 0 Å². The Bertz CT molecular complexity index is 235. The quantitative estimate of drug-likeness (QED) is 0.580. The van der Waals surface area contributed by atoms with Gasteiger partial charge in [0.2, 0.25) is 0 Å². The molecule has 1 rings (SSSR count). The molecule has 1 saturated heterocycles. The largest absolute Gasteiger partial charge is 0.520 e. The zero-order chi connectivity index (χ0) is 10.4. The number of aliphatic carboxylic acids is 1. The van der Waals surface area contributed by atoms with E-state index in [0.29, 0.717) is 5.92 Å². The topological polar surface area (TPSA) is 57.6 Å². The fourth-order valence-electron chi connectivity index (χ4n) is 1.62. The van der Waals surface area contributed by atoms with Crippen molar-refractivity contribution in [2.24, 2.45) is 5.92 Å². The molecule has 0 saturated carbocycles. The van der Waals surface area contributed by atoms with Crippen LogP contribution in [-0.4, -0.2) is 35.5 Å². The standard InChI is InChI=1S/C10H14NO3.W/c12-8-11-6-4-9(5-7-11)2-1-3-10(13)14;/h1,3,9H,2,4-7H2,(H,13,14);/q-1;/b3-1+;. The number of hydrogen-bond acceptors (Lipinski definition) is 2. The summed E-state index contributed by atoms with van der Waals surface area (Å²) in [4.78, 5) is 22.1. The molecule has 0 aromatic carbocycles. The second kappa shape index (κ2) is 7.63. The van der Waals surface area contributed by atoms with Crippen molar-refractivity contribution >= 4 is 12.4 Å². The molecule has 1 heterocycles. The van der Waals surface area contributed by atoms with Gasteiger partial charge in [-0.15, -0.1) is 0 Å². The minimum atomic E-state index is -0.899. The van der Waals surface area contributed by atoms with E-state index < -0.39 is 5.97 Å². The average molecular weight is 380 g/mol. The van der Waals surface area contributed by atoms with Gasteiger partial charge >= 0.3 is 5.97 Å². The van der Waals surface area contributed by atoms with Crippen LogP contribution in [-0.2, 0) is 30.7 Å². The SMILES string of the molecule is O=[C-]N1CCC(C/C=C/C(=O)O)CC1.[W]. The second-order valence-corrected chi connectivity index (χ2v) is 3.50. The number of likely N-dealkylation sites (tertiary alicyclic amines) is 1. The first-order valence-corrected chi connectivity index (χ1v) is 4.74. The Morgan fingerprint density at radius 2 is 2.07 bits per heavy atom. The summed E-state index contributed by atoms with van der Waals surface area (Å²) in [6.07, 6.45) is 7.41. The third-order valence-corrected chi connectivity index (χ3v) is 2.47. The number of rotatable bonds is 4. The maximum absolute atomic E-state index is 10.3. The summed E-state index contributed by atoms with van der Waals surface area (Å²) in [6, 6.07) is 0. The van der Waals surface area contributed by atoms with Crippen molar-refractivity contribution < 1.29 is 35.8 Å². The van der Waals surface area contributed by atoms with Crippen LogP contribution in [0.25, 0.3) is 0 Å². The summed E-state index contributed by atoms with van der Waals surface area (Å²) in [5.41, 5.74) is 0. The molecule has 84 valence electrons. The van der Waals surface area contributed by atoms with Crippen LogP contribution in [0.2, 0.25) is 0 Å². The molecule has 1 aliphatic heterocycles. The predicted molar refractivity (Wildman–Crippen MR) is 51.4 cm³/mol. The van der Waals surface area contributed by atoms with Crippen LogP contribution in [0.15, 0.2) is 12.2 Å². The number of nitrogens with zero attached hydrogens (tertiary/aromatic N) is 1. The summed E-state index contributed by atoms with van der Waals surface area (Å²) in [6.45, 7) is 1.49. The van der Waals surface area contributed by atoms with E-state index in [2.05, 4.69) is 0 Å². The molecule has 0 aliphatic carbocycles. The minimum absolute atomic E-state index is 0. The van der Waals surface area contributed by atoms with E-state index in [1.54, 1.807) is 11.0 Å². The first-order chi connectivity index (χ1) is 6.72. The fraction of sp³-hybridized carbons (Fsp3) is 0.600. The molecule has 15 heavy (non-hydrogen) atoms. The summed E-state index contributed by atoms with van der Waals surface area (Å²) >= 11 is 0. The van der Waals surface area contributed by atoms with Crippen LogP contribution in [0.4, 0.5) is 0 Å². The van der Waals surface area contributed by atoms with Gasteiger partial charge < -0.3 is 14.8 Å². The molecular weight excluding hydrogens is 366 g/mol. The van der Waals surface area contributed by atoms with Crippen LogP contribution < -0.4 is 0 Å². The normalized spacial score (nSPS) is 17.5. The summed E-state index contributed by atoms with van der Waals surface area (Å²) in [5.74, 6) is -0.390. The minimum Gasteiger partial charge on any atom is -0.520 e. The number of piperidine rings is 1. The summed E-state index contributed by atoms with van der Waals surface area (Å²) in [5, 5.41) is 8.38. The summed E-state index contributed by atoms with van der Waals surface area (Å²) in [7, 11) is 0. The molecule has 0 aromatic heterocycles. The monoisotopic (exact) mass is 380 g/mol. The van der Waals surface area contributed by atoms with Crippen LogP contribution in [0.3, 0.4) is 0 Å². The van der Waals surface area contributed by atoms with Gasteiger partial charge in [-0.2, -0.15) is 6.41 Å². The fourth-order valence-corrected chi connectivity index (χ4v) is 1.62. The first kappa shape index (κ1) is 14.4. The maximum Gasteiger partial charge on any atom is 0.327 e. The third-order valence-electron chi connectivity index (χ3n) is 2.47. The molecule has 1 amide bonds. The molecule has 0 spiro atoms. The first-order valence-electron chi connectivity index (χ1n) is 4.74. The Hall–Kier alpha value is -0.632. The number of allylic oxidation sites excluding steroid dienone is 1. The van der Waals surface area contributed by atoms with Crippen LogP contribution in [0, 0.1) is 5.92 Å². The van der Waals surface area contributed by atoms with Crippen molar-refractivity contribution in [2.45, 2.75) is 19.3 Å². The number of hydrogen-bond donors (Lipinski definition) is 1. The van der Waals surface area contributed by atoms with Crippen molar-refractivity contribution in [3.8, 4) is 0 Å². The second-order valence-electron chi connectivity index (χ2n) is 3.50. The van der Waals surface area contributed by atoms with Crippen molar-refractivity contribution in [1.82, 2.24) is 4.90 Å². The molecule has 5 heteroatoms. The van der Waals surface area contributed by atoms with Gasteiger partial charge in [-0.05, 0) is 38.3 Å². The van der Waals surface area contributed by atoms with E-state index in [9.17, 15) is 9.59 Å². The van der Waals surface area contributed by atoms with Gasteiger partial charge in [0.05, 0.1) is 0 Å². The van der Waals surface area contributed by atoms with Crippen LogP contribution in [0.5, 0.6) is 0 Å². The molecule has 1 fully saturated rings. The molecule has 0 bridgehead atoms. The zero-order valence-corrected chi connectivity index (χ0v) is 11.3. The van der Waals surface area contributed by atoms with Gasteiger partial charge in [0.1, 0.15) is 0 Å². The molecule has 1 aliphatic rings. The van der Waals surface area contributed by atoms with Gasteiger partial charge in [0, 0.05) is 27.1 Å². The molecule has 0 atom stereocenters. The van der Waals surface area contributed by atoms with Gasteiger partial charge in [-0.25, -0.2) is 4.79 Å². The van der Waals surface area contributed by atoms with Gasteiger partial charge in [0.15, 0.2) is 0 Å². The molecule has 4 nitrogen and oxygen atoms in total. The van der Waals surface area contributed by atoms with Crippen molar-refractivity contribution in [3.63, 3.8) is 0 Å². The average Bonchev–Trinajstić information content (AvgIpc) is 2.18. The van der Waals surface area contributed by atoms with Crippen molar-refractivity contribution in [3.05, 3.63) is 12.2 Å². The predicted octanol–water partition coefficient (Wildman–Crippen LogP) is 0.794. The van der Waals surface area contributed by atoms with Crippen molar-refractivity contribution in [2.75, 3.05) is 13.1 Å². The number of carbonyl (C=O) groups is 1. The zero-order valence-electron chi connectivity index (χ0n) is 8.39. The molecule has 1 N–H and O–H groups in total. The maximum atomic E-state index is 10.3. The van der Waals surface area contributed by atoms with E-state index in [1.165, 1.54) is 6.08 Å². The third kappa shape index (κ3) is 5.73. The van der Waals surface area contributed by atoms with E-state index in [0.717, 1.165) is 32.4 Å². The molecule has 0 unspecified atom stereocenters. The Balaban J connectivity index is 0.00000196. The van der Waals surface area contributed by atoms with Gasteiger partial charge in [-0.3, -0.25) is 0 Å². The Kier molecular flexibility index (Phi) is 7.31. The molecular formula is C10H14NO3W-. The summed E-state index contributed by atoms with van der Waals surface area (Å²) < 4.78 is 0. The van der Waals surface area contributed by atoms with E-state index in [4.69, 9.17) is 5.11 Å². The number of carboxylic acid groups (broad SMARTS) is 1. The number of carboxylic acids is 1. The Morgan fingerprint density at radius 1 is 1.47 bits per heavy atom. The Labute approximate surface area is 104 Å².